The molecule has 4 aromatic rings. The van der Waals surface area contributed by atoms with Crippen LogP contribution in [0.1, 0.15) is 36.4 Å². The van der Waals surface area contributed by atoms with E-state index in [9.17, 15) is 0 Å². The average molecular weight is 401 g/mol. The van der Waals surface area contributed by atoms with Gasteiger partial charge in [0.25, 0.3) is 0 Å². The van der Waals surface area contributed by atoms with Crippen molar-refractivity contribution in [2.75, 3.05) is 0 Å². The predicted octanol–water partition coefficient (Wildman–Crippen LogP) is 7.04. The van der Waals surface area contributed by atoms with Crippen molar-refractivity contribution in [3.05, 3.63) is 132 Å². The fourth-order valence-electron chi connectivity index (χ4n) is 4.70. The van der Waals surface area contributed by atoms with Crippen molar-refractivity contribution in [2.45, 2.75) is 13.8 Å². The summed E-state index contributed by atoms with van der Waals surface area (Å²) in [6.07, 6.45) is 3.75. The van der Waals surface area contributed by atoms with E-state index in [4.69, 9.17) is 9.97 Å². The summed E-state index contributed by atoms with van der Waals surface area (Å²) in [6.45, 7) is 4.58. The van der Waals surface area contributed by atoms with Crippen molar-refractivity contribution in [1.82, 2.24) is 9.97 Å². The van der Waals surface area contributed by atoms with Gasteiger partial charge in [-0.25, -0.2) is 0 Å². The summed E-state index contributed by atoms with van der Waals surface area (Å²) >= 11 is 0. The molecule has 0 bridgehead atoms. The van der Waals surface area contributed by atoms with Crippen molar-refractivity contribution in [1.29, 1.82) is 0 Å². The monoisotopic (exact) mass is 400 g/mol. The van der Waals surface area contributed by atoms with Crippen LogP contribution >= 0.6 is 0 Å². The lowest BCUT2D eigenvalue weighted by Crippen LogP contribution is -2.15. The molecule has 0 N–H and O–H groups in total. The molecule has 0 amide bonds. The van der Waals surface area contributed by atoms with Crippen molar-refractivity contribution >= 4 is 22.3 Å². The quantitative estimate of drug-likeness (QED) is 0.367. The molecule has 0 radical (unpaired) electrons. The first-order valence-corrected chi connectivity index (χ1v) is 10.6. The standard InChI is InChI=1S/C29H24N2/c1-29(2)27(23-17-9-11-19-30-23)25(21-13-5-3-6-14-21)26(22-15-7-4-8-16-22)28(29)24-18-10-12-20-31-24/h3-20H,1-2H3. The van der Waals surface area contributed by atoms with E-state index >= 15 is 0 Å². The summed E-state index contributed by atoms with van der Waals surface area (Å²) in [6, 6.07) is 33.6. The molecule has 0 saturated heterocycles. The molecule has 1 aliphatic rings. The minimum Gasteiger partial charge on any atom is -0.257 e. The van der Waals surface area contributed by atoms with Crippen molar-refractivity contribution in [2.24, 2.45) is 5.41 Å². The first-order chi connectivity index (χ1) is 15.2. The van der Waals surface area contributed by atoms with Gasteiger partial charge in [-0.1, -0.05) is 86.6 Å². The van der Waals surface area contributed by atoms with E-state index in [1.165, 1.54) is 33.4 Å². The maximum Gasteiger partial charge on any atom is 0.0676 e. The summed E-state index contributed by atoms with van der Waals surface area (Å²) < 4.78 is 0. The lowest BCUT2D eigenvalue weighted by atomic mass is 9.76. The number of hydrogen-bond donors (Lipinski definition) is 0. The first kappa shape index (κ1) is 19.2. The van der Waals surface area contributed by atoms with Crippen LogP contribution in [-0.2, 0) is 0 Å². The minimum atomic E-state index is -0.279. The van der Waals surface area contributed by atoms with Gasteiger partial charge in [-0.15, -0.1) is 0 Å². The fourth-order valence-corrected chi connectivity index (χ4v) is 4.70. The Morgan fingerprint density at radius 3 is 1.23 bits per heavy atom. The van der Waals surface area contributed by atoms with Gasteiger partial charge in [0.2, 0.25) is 0 Å². The van der Waals surface area contributed by atoms with Gasteiger partial charge in [0.05, 0.1) is 11.4 Å². The highest BCUT2D eigenvalue weighted by molar-refractivity contribution is 6.29. The third-order valence-electron chi connectivity index (χ3n) is 5.97. The number of allylic oxidation sites excluding steroid dienone is 4. The van der Waals surface area contributed by atoms with E-state index in [1.807, 2.05) is 24.5 Å². The maximum atomic E-state index is 4.78. The van der Waals surface area contributed by atoms with Crippen molar-refractivity contribution < 1.29 is 0 Å². The summed E-state index contributed by atoms with van der Waals surface area (Å²) in [7, 11) is 0. The van der Waals surface area contributed by atoms with E-state index in [2.05, 4.69) is 98.8 Å². The first-order valence-electron chi connectivity index (χ1n) is 10.6. The Morgan fingerprint density at radius 1 is 0.484 bits per heavy atom. The zero-order valence-corrected chi connectivity index (χ0v) is 17.8. The van der Waals surface area contributed by atoms with Crippen molar-refractivity contribution in [3.8, 4) is 0 Å². The molecular formula is C29H24N2. The number of aromatic nitrogens is 2. The number of nitrogens with zero attached hydrogens (tertiary/aromatic N) is 2. The second kappa shape index (κ2) is 7.81. The molecule has 0 unspecified atom stereocenters. The topological polar surface area (TPSA) is 25.8 Å². The molecule has 0 aliphatic heterocycles. The molecule has 2 aromatic carbocycles. The van der Waals surface area contributed by atoms with Crippen molar-refractivity contribution in [3.63, 3.8) is 0 Å². The van der Waals surface area contributed by atoms with Crippen LogP contribution in [0, 0.1) is 5.41 Å². The minimum absolute atomic E-state index is 0.279. The average Bonchev–Trinajstić information content (AvgIpc) is 3.08. The molecule has 5 rings (SSSR count). The van der Waals surface area contributed by atoms with Crippen LogP contribution in [0.4, 0.5) is 0 Å². The smallest absolute Gasteiger partial charge is 0.0676 e. The Morgan fingerprint density at radius 2 is 0.871 bits per heavy atom. The zero-order chi connectivity index (χ0) is 21.3. The van der Waals surface area contributed by atoms with E-state index in [0.717, 1.165) is 11.4 Å². The lowest BCUT2D eigenvalue weighted by Gasteiger charge is -2.27. The van der Waals surface area contributed by atoms with Crippen LogP contribution in [0.15, 0.2) is 109 Å². The van der Waals surface area contributed by atoms with E-state index < -0.39 is 0 Å². The normalized spacial score (nSPS) is 15.4. The Kier molecular flexibility index (Phi) is 4.83. The summed E-state index contributed by atoms with van der Waals surface area (Å²) in [5.74, 6) is 0. The molecule has 2 heterocycles. The fraction of sp³-hybridized carbons (Fsp3) is 0.103. The molecule has 2 aromatic heterocycles. The SMILES string of the molecule is CC1(C)C(c2ccccn2)=C(c2ccccc2)C(c2ccccc2)=C1c1ccccn1. The molecular weight excluding hydrogens is 376 g/mol. The van der Waals surface area contributed by atoms with Gasteiger partial charge in [0, 0.05) is 17.8 Å². The van der Waals surface area contributed by atoms with E-state index in [0.29, 0.717) is 0 Å². The molecule has 2 heteroatoms. The molecule has 31 heavy (non-hydrogen) atoms. The molecule has 0 atom stereocenters. The van der Waals surface area contributed by atoms with Crippen LogP contribution in [0.2, 0.25) is 0 Å². The molecule has 1 aliphatic carbocycles. The predicted molar refractivity (Wildman–Crippen MR) is 129 cm³/mol. The van der Waals surface area contributed by atoms with Crippen LogP contribution in [0.5, 0.6) is 0 Å². The highest BCUT2D eigenvalue weighted by Gasteiger charge is 2.43. The molecule has 150 valence electrons. The van der Waals surface area contributed by atoms with E-state index in [-0.39, 0.29) is 5.41 Å². The van der Waals surface area contributed by atoms with Gasteiger partial charge in [0.15, 0.2) is 0 Å². The zero-order valence-electron chi connectivity index (χ0n) is 17.8. The van der Waals surface area contributed by atoms with Crippen LogP contribution in [0.3, 0.4) is 0 Å². The largest absolute Gasteiger partial charge is 0.257 e. The Hall–Kier alpha value is -3.78. The second-order valence-electron chi connectivity index (χ2n) is 8.29. The van der Waals surface area contributed by atoms with Crippen LogP contribution < -0.4 is 0 Å². The van der Waals surface area contributed by atoms with Gasteiger partial charge < -0.3 is 0 Å². The number of pyridine rings is 2. The Balaban J connectivity index is 1.92. The summed E-state index contributed by atoms with van der Waals surface area (Å²) in [5.41, 5.74) is 9.06. The van der Waals surface area contributed by atoms with E-state index in [1.54, 1.807) is 0 Å². The third kappa shape index (κ3) is 3.30. The van der Waals surface area contributed by atoms with Crippen LogP contribution in [0.25, 0.3) is 22.3 Å². The number of hydrogen-bond acceptors (Lipinski definition) is 2. The van der Waals surface area contributed by atoms with Gasteiger partial charge in [-0.05, 0) is 57.7 Å². The summed E-state index contributed by atoms with van der Waals surface area (Å²) in [5, 5.41) is 0. The highest BCUT2D eigenvalue weighted by atomic mass is 14.7. The highest BCUT2D eigenvalue weighted by Crippen LogP contribution is 2.60. The molecule has 0 saturated carbocycles. The Bertz CT molecular complexity index is 1150. The van der Waals surface area contributed by atoms with Gasteiger partial charge in [0.1, 0.15) is 0 Å². The van der Waals surface area contributed by atoms with Gasteiger partial charge in [-0.2, -0.15) is 0 Å². The molecule has 2 nitrogen and oxygen atoms in total. The van der Waals surface area contributed by atoms with Crippen LogP contribution in [-0.4, -0.2) is 9.97 Å². The van der Waals surface area contributed by atoms with Gasteiger partial charge >= 0.3 is 0 Å². The Labute approximate surface area is 183 Å². The third-order valence-corrected chi connectivity index (χ3v) is 5.97. The molecule has 0 fully saturated rings. The number of benzene rings is 2. The van der Waals surface area contributed by atoms with Gasteiger partial charge in [-0.3, -0.25) is 9.97 Å². The summed E-state index contributed by atoms with van der Waals surface area (Å²) in [4.78, 5) is 9.57. The lowest BCUT2D eigenvalue weighted by molar-refractivity contribution is 0.676. The molecule has 0 spiro atoms. The second-order valence-corrected chi connectivity index (χ2v) is 8.29. The number of rotatable bonds is 4. The maximum absolute atomic E-state index is 4.78.